The van der Waals surface area contributed by atoms with Gasteiger partial charge in [-0.3, -0.25) is 9.98 Å². The standard InChI is InChI=1S/C13H21NO.C9H13NO/c1-2-3-4-5-6-7-10-14-12-13-9-8-11-15-13;1-2-3-6-10-8-9-5-4-7-11-9/h8-9,11-12H,2-7,10H2,1H3;4-5,7-8H,2-3,6H2,1H3. The molecule has 2 heterocycles. The molecule has 0 aliphatic heterocycles. The fourth-order valence-electron chi connectivity index (χ4n) is 2.27. The number of hydrogen-bond donors (Lipinski definition) is 0. The van der Waals surface area contributed by atoms with Gasteiger partial charge in [-0.1, -0.05) is 52.4 Å². The summed E-state index contributed by atoms with van der Waals surface area (Å²) < 4.78 is 10.2. The summed E-state index contributed by atoms with van der Waals surface area (Å²) in [6, 6.07) is 7.56. The average molecular weight is 359 g/mol. The molecule has 4 nitrogen and oxygen atoms in total. The third kappa shape index (κ3) is 12.3. The van der Waals surface area contributed by atoms with Crippen molar-refractivity contribution in [3.8, 4) is 0 Å². The van der Waals surface area contributed by atoms with E-state index in [1.165, 1.54) is 44.9 Å². The second-order valence-corrected chi connectivity index (χ2v) is 6.22. The fourth-order valence-corrected chi connectivity index (χ4v) is 2.27. The molecule has 0 radical (unpaired) electrons. The van der Waals surface area contributed by atoms with Crippen molar-refractivity contribution in [1.82, 2.24) is 0 Å². The monoisotopic (exact) mass is 358 g/mol. The Morgan fingerprint density at radius 3 is 1.69 bits per heavy atom. The van der Waals surface area contributed by atoms with Gasteiger partial charge < -0.3 is 8.83 Å². The van der Waals surface area contributed by atoms with Crippen molar-refractivity contribution in [2.75, 3.05) is 13.1 Å². The van der Waals surface area contributed by atoms with Gasteiger partial charge in [0.2, 0.25) is 0 Å². The van der Waals surface area contributed by atoms with E-state index in [0.29, 0.717) is 0 Å². The lowest BCUT2D eigenvalue weighted by Gasteiger charge is -1.97. The van der Waals surface area contributed by atoms with Crippen molar-refractivity contribution in [2.24, 2.45) is 9.98 Å². The van der Waals surface area contributed by atoms with E-state index in [0.717, 1.165) is 31.0 Å². The van der Waals surface area contributed by atoms with Crippen molar-refractivity contribution in [2.45, 2.75) is 65.2 Å². The molecule has 0 fully saturated rings. The molecule has 26 heavy (non-hydrogen) atoms. The van der Waals surface area contributed by atoms with E-state index in [9.17, 15) is 0 Å². The van der Waals surface area contributed by atoms with Crippen LogP contribution in [0, 0.1) is 0 Å². The molecule has 0 N–H and O–H groups in total. The zero-order valence-electron chi connectivity index (χ0n) is 16.4. The quantitative estimate of drug-likeness (QED) is 0.319. The molecule has 4 heteroatoms. The third-order valence-corrected chi connectivity index (χ3v) is 3.80. The van der Waals surface area contributed by atoms with Crippen LogP contribution in [0.1, 0.15) is 76.7 Å². The Kier molecular flexibility index (Phi) is 13.8. The predicted octanol–water partition coefficient (Wildman–Crippen LogP) is 6.56. The van der Waals surface area contributed by atoms with Gasteiger partial charge in [0.15, 0.2) is 0 Å². The van der Waals surface area contributed by atoms with Gasteiger partial charge in [0.25, 0.3) is 0 Å². The van der Waals surface area contributed by atoms with Crippen molar-refractivity contribution in [3.05, 3.63) is 48.3 Å². The van der Waals surface area contributed by atoms with E-state index < -0.39 is 0 Å². The maximum absolute atomic E-state index is 5.14. The minimum atomic E-state index is 0.834. The maximum Gasteiger partial charge on any atom is 0.144 e. The van der Waals surface area contributed by atoms with Crippen LogP contribution in [-0.2, 0) is 0 Å². The fraction of sp³-hybridized carbons (Fsp3) is 0.545. The number of furan rings is 2. The van der Waals surface area contributed by atoms with Crippen LogP contribution >= 0.6 is 0 Å². The number of nitrogens with zero attached hydrogens (tertiary/aromatic N) is 2. The molecule has 0 spiro atoms. The first-order chi connectivity index (χ1) is 12.9. The summed E-state index contributed by atoms with van der Waals surface area (Å²) in [4.78, 5) is 8.50. The lowest BCUT2D eigenvalue weighted by atomic mass is 10.1. The van der Waals surface area contributed by atoms with Gasteiger partial charge in [-0.2, -0.15) is 0 Å². The van der Waals surface area contributed by atoms with Crippen LogP contribution in [0.4, 0.5) is 0 Å². The van der Waals surface area contributed by atoms with Crippen LogP contribution < -0.4 is 0 Å². The highest BCUT2D eigenvalue weighted by Gasteiger charge is 1.90. The van der Waals surface area contributed by atoms with Crippen molar-refractivity contribution in [1.29, 1.82) is 0 Å². The Bertz CT molecular complexity index is 557. The zero-order chi connectivity index (χ0) is 18.7. The number of aliphatic imine (C=N–C) groups is 2. The van der Waals surface area contributed by atoms with Crippen molar-refractivity contribution < 1.29 is 8.83 Å². The van der Waals surface area contributed by atoms with E-state index in [-0.39, 0.29) is 0 Å². The summed E-state index contributed by atoms with van der Waals surface area (Å²) in [6.45, 7) is 6.22. The van der Waals surface area contributed by atoms with Crippen LogP contribution in [0.3, 0.4) is 0 Å². The highest BCUT2D eigenvalue weighted by atomic mass is 16.3. The summed E-state index contributed by atoms with van der Waals surface area (Å²) in [7, 11) is 0. The first-order valence-electron chi connectivity index (χ1n) is 9.93. The maximum atomic E-state index is 5.14. The zero-order valence-corrected chi connectivity index (χ0v) is 16.4. The molecule has 0 unspecified atom stereocenters. The topological polar surface area (TPSA) is 51.0 Å². The lowest BCUT2D eigenvalue weighted by molar-refractivity contribution is 0.559. The van der Waals surface area contributed by atoms with Crippen molar-refractivity contribution in [3.63, 3.8) is 0 Å². The molecular weight excluding hydrogens is 324 g/mol. The largest absolute Gasteiger partial charge is 0.463 e. The molecule has 0 aliphatic rings. The number of unbranched alkanes of at least 4 members (excludes halogenated alkanes) is 6. The number of hydrogen-bond acceptors (Lipinski definition) is 4. The number of rotatable bonds is 12. The second-order valence-electron chi connectivity index (χ2n) is 6.22. The van der Waals surface area contributed by atoms with Gasteiger partial charge >= 0.3 is 0 Å². The minimum absolute atomic E-state index is 0.834. The van der Waals surface area contributed by atoms with E-state index in [2.05, 4.69) is 23.8 Å². The minimum Gasteiger partial charge on any atom is -0.463 e. The third-order valence-electron chi connectivity index (χ3n) is 3.80. The molecule has 2 rings (SSSR count). The smallest absolute Gasteiger partial charge is 0.144 e. The molecule has 144 valence electrons. The van der Waals surface area contributed by atoms with Crippen LogP contribution in [0.15, 0.2) is 55.6 Å². The molecule has 0 saturated heterocycles. The Morgan fingerprint density at radius 2 is 1.19 bits per heavy atom. The van der Waals surface area contributed by atoms with E-state index in [1.807, 2.05) is 30.5 Å². The first kappa shape index (κ1) is 21.9. The van der Waals surface area contributed by atoms with Crippen LogP contribution in [0.5, 0.6) is 0 Å². The molecular formula is C22H34N2O2. The summed E-state index contributed by atoms with van der Waals surface area (Å²) in [5.41, 5.74) is 0. The molecule has 0 saturated carbocycles. The van der Waals surface area contributed by atoms with Gasteiger partial charge in [0, 0.05) is 13.1 Å². The van der Waals surface area contributed by atoms with Crippen LogP contribution in [-0.4, -0.2) is 25.5 Å². The lowest BCUT2D eigenvalue weighted by Crippen LogP contribution is -1.84. The SMILES string of the molecule is CCCCCCCCN=Cc1ccco1.CCCCN=Cc1ccco1. The van der Waals surface area contributed by atoms with Crippen LogP contribution in [0.2, 0.25) is 0 Å². The molecule has 2 aromatic heterocycles. The Hall–Kier alpha value is -2.10. The van der Waals surface area contributed by atoms with Gasteiger partial charge in [0.1, 0.15) is 11.5 Å². The molecule has 0 aromatic carbocycles. The Labute approximate surface area is 158 Å². The normalized spacial score (nSPS) is 11.2. The van der Waals surface area contributed by atoms with Crippen LogP contribution in [0.25, 0.3) is 0 Å². The molecule has 0 amide bonds. The van der Waals surface area contributed by atoms with Gasteiger partial charge in [-0.05, 0) is 37.1 Å². The molecule has 0 bridgehead atoms. The second kappa shape index (κ2) is 16.4. The van der Waals surface area contributed by atoms with E-state index in [1.54, 1.807) is 18.7 Å². The van der Waals surface area contributed by atoms with Gasteiger partial charge in [-0.15, -0.1) is 0 Å². The summed E-state index contributed by atoms with van der Waals surface area (Å²) in [5, 5.41) is 0. The van der Waals surface area contributed by atoms with Gasteiger partial charge in [0.05, 0.1) is 25.0 Å². The summed E-state index contributed by atoms with van der Waals surface area (Å²) in [5.74, 6) is 1.68. The predicted molar refractivity (Wildman–Crippen MR) is 111 cm³/mol. The molecule has 0 atom stereocenters. The van der Waals surface area contributed by atoms with Gasteiger partial charge in [-0.25, -0.2) is 0 Å². The first-order valence-corrected chi connectivity index (χ1v) is 9.93. The molecule has 0 aliphatic carbocycles. The Morgan fingerprint density at radius 1 is 0.692 bits per heavy atom. The molecule has 2 aromatic rings. The van der Waals surface area contributed by atoms with Crippen molar-refractivity contribution >= 4 is 12.4 Å². The highest BCUT2D eigenvalue weighted by Crippen LogP contribution is 2.05. The van der Waals surface area contributed by atoms with E-state index in [4.69, 9.17) is 8.83 Å². The Balaban J connectivity index is 0.000000273. The summed E-state index contributed by atoms with van der Waals surface area (Å²) >= 11 is 0. The van der Waals surface area contributed by atoms with E-state index >= 15 is 0 Å². The average Bonchev–Trinajstić information content (AvgIpc) is 3.35. The highest BCUT2D eigenvalue weighted by molar-refractivity contribution is 5.75. The summed E-state index contributed by atoms with van der Waals surface area (Å²) in [6.07, 6.45) is 17.2.